The van der Waals surface area contributed by atoms with E-state index in [9.17, 15) is 27.0 Å². The Labute approximate surface area is 116 Å². The first-order valence-corrected chi connectivity index (χ1v) is 8.86. The number of benzene rings is 1. The van der Waals surface area contributed by atoms with Crippen LogP contribution >= 0.6 is 0 Å². The minimum Gasteiger partial charge on any atom is -0.392 e. The molecule has 10 heteroatoms. The first kappa shape index (κ1) is 16.7. The molecular formula is C10H14O8S2. The Hall–Kier alpha value is -1.36. The van der Waals surface area contributed by atoms with E-state index >= 15 is 0 Å². The third-order valence-electron chi connectivity index (χ3n) is 2.14. The lowest BCUT2D eigenvalue weighted by Crippen LogP contribution is -2.12. The lowest BCUT2D eigenvalue weighted by atomic mass is 10.1. The smallest absolute Gasteiger partial charge is 0.306 e. The van der Waals surface area contributed by atoms with Crippen molar-refractivity contribution in [3.8, 4) is 11.5 Å². The maximum Gasteiger partial charge on any atom is 0.306 e. The van der Waals surface area contributed by atoms with Crippen LogP contribution in [0.4, 0.5) is 0 Å². The van der Waals surface area contributed by atoms with E-state index in [1.54, 1.807) is 0 Å². The fourth-order valence-electron chi connectivity index (χ4n) is 1.48. The average Bonchev–Trinajstić information content (AvgIpc) is 2.26. The fraction of sp³-hybridized carbons (Fsp3) is 0.400. The van der Waals surface area contributed by atoms with Crippen molar-refractivity contribution in [1.82, 2.24) is 0 Å². The van der Waals surface area contributed by atoms with Crippen LogP contribution in [0, 0.1) is 0 Å². The van der Waals surface area contributed by atoms with Crippen LogP contribution in [-0.4, -0.2) is 39.6 Å². The molecule has 0 unspecified atom stereocenters. The molecule has 0 aliphatic carbocycles. The molecule has 0 heterocycles. The number of hydrogen-bond acceptors (Lipinski definition) is 8. The van der Waals surface area contributed by atoms with Crippen LogP contribution in [-0.2, 0) is 33.5 Å². The zero-order valence-corrected chi connectivity index (χ0v) is 12.4. The minimum atomic E-state index is -3.83. The van der Waals surface area contributed by atoms with E-state index in [0.29, 0.717) is 0 Å². The molecule has 0 spiro atoms. The predicted octanol–water partition coefficient (Wildman–Crippen LogP) is -0.652. The lowest BCUT2D eigenvalue weighted by molar-refractivity contribution is 0.254. The summed E-state index contributed by atoms with van der Waals surface area (Å²) in [6, 6.07) is 2.26. The average molecular weight is 326 g/mol. The Morgan fingerprint density at radius 3 is 1.35 bits per heavy atom. The molecule has 0 aliphatic rings. The highest BCUT2D eigenvalue weighted by molar-refractivity contribution is 7.86. The van der Waals surface area contributed by atoms with Gasteiger partial charge in [0.1, 0.15) is 11.5 Å². The summed E-state index contributed by atoms with van der Waals surface area (Å²) in [5, 5.41) is 18.5. The van der Waals surface area contributed by atoms with E-state index in [4.69, 9.17) is 0 Å². The second kappa shape index (κ2) is 5.95. The van der Waals surface area contributed by atoms with Gasteiger partial charge in [-0.25, -0.2) is 0 Å². The molecule has 0 atom stereocenters. The Morgan fingerprint density at radius 1 is 0.850 bits per heavy atom. The Morgan fingerprint density at radius 2 is 1.15 bits per heavy atom. The molecule has 0 aromatic heterocycles. The van der Waals surface area contributed by atoms with Gasteiger partial charge in [0, 0.05) is 11.1 Å². The third kappa shape index (κ3) is 4.63. The largest absolute Gasteiger partial charge is 0.392 e. The fourth-order valence-corrected chi connectivity index (χ4v) is 2.44. The Balaban J connectivity index is 3.40. The summed E-state index contributed by atoms with van der Waals surface area (Å²) in [6.07, 6.45) is 1.63. The Kier molecular flexibility index (Phi) is 4.97. The first-order chi connectivity index (χ1) is 9.07. The highest BCUT2D eigenvalue weighted by Gasteiger charge is 2.19. The summed E-state index contributed by atoms with van der Waals surface area (Å²) >= 11 is 0. The van der Waals surface area contributed by atoms with E-state index in [0.717, 1.165) is 24.6 Å². The normalized spacial score (nSPS) is 12.2. The standard InChI is InChI=1S/C10H14O8S2/c1-19(13,14)17-9-3-4-10(18-20(2,15)16)8(6-12)7(9)5-11/h3-4,11-12H,5-6H2,1-2H3. The molecule has 20 heavy (non-hydrogen) atoms. The maximum atomic E-state index is 11.1. The SMILES string of the molecule is CS(=O)(=O)Oc1ccc(OS(C)(=O)=O)c(CO)c1CO. The van der Waals surface area contributed by atoms with E-state index < -0.39 is 33.5 Å². The molecule has 0 saturated heterocycles. The van der Waals surface area contributed by atoms with Gasteiger partial charge in [-0.15, -0.1) is 0 Å². The highest BCUT2D eigenvalue weighted by atomic mass is 32.2. The van der Waals surface area contributed by atoms with Gasteiger partial charge in [0.15, 0.2) is 0 Å². The van der Waals surface area contributed by atoms with Gasteiger partial charge in [-0.3, -0.25) is 0 Å². The summed E-state index contributed by atoms with van der Waals surface area (Å²) in [7, 11) is -7.67. The molecule has 0 radical (unpaired) electrons. The summed E-state index contributed by atoms with van der Waals surface area (Å²) in [5.74, 6) is -0.417. The van der Waals surface area contributed by atoms with E-state index in [1.165, 1.54) is 0 Å². The molecule has 0 amide bonds. The highest BCUT2D eigenvalue weighted by Crippen LogP contribution is 2.32. The number of rotatable bonds is 6. The molecule has 0 saturated carbocycles. The van der Waals surface area contributed by atoms with E-state index in [-0.39, 0.29) is 22.6 Å². The van der Waals surface area contributed by atoms with Crippen LogP contribution in [0.5, 0.6) is 11.5 Å². The zero-order valence-electron chi connectivity index (χ0n) is 10.7. The topological polar surface area (TPSA) is 127 Å². The Bertz CT molecular complexity index is 629. The summed E-state index contributed by atoms with van der Waals surface area (Å²) in [4.78, 5) is 0. The van der Waals surface area contributed by atoms with Crippen molar-refractivity contribution in [2.75, 3.05) is 12.5 Å². The summed E-state index contributed by atoms with van der Waals surface area (Å²) < 4.78 is 53.6. The van der Waals surface area contributed by atoms with Gasteiger partial charge >= 0.3 is 20.2 Å². The van der Waals surface area contributed by atoms with Gasteiger partial charge in [-0.1, -0.05) is 0 Å². The zero-order chi connectivity index (χ0) is 15.6. The van der Waals surface area contributed by atoms with Gasteiger partial charge < -0.3 is 18.6 Å². The number of aliphatic hydroxyl groups excluding tert-OH is 2. The second-order valence-corrected chi connectivity index (χ2v) is 7.06. The van der Waals surface area contributed by atoms with Crippen molar-refractivity contribution in [2.45, 2.75) is 13.2 Å². The first-order valence-electron chi connectivity index (χ1n) is 5.22. The van der Waals surface area contributed by atoms with E-state index in [1.807, 2.05) is 0 Å². The van der Waals surface area contributed by atoms with Crippen LogP contribution < -0.4 is 8.37 Å². The van der Waals surface area contributed by atoms with Gasteiger partial charge in [-0.05, 0) is 12.1 Å². The molecule has 1 rings (SSSR count). The second-order valence-electron chi connectivity index (χ2n) is 3.91. The monoisotopic (exact) mass is 326 g/mol. The maximum absolute atomic E-state index is 11.1. The van der Waals surface area contributed by atoms with Crippen LogP contribution in [0.25, 0.3) is 0 Å². The summed E-state index contributed by atoms with van der Waals surface area (Å²) in [6.45, 7) is -1.33. The van der Waals surface area contributed by atoms with Gasteiger partial charge in [0.05, 0.1) is 25.7 Å². The number of hydrogen-bond donors (Lipinski definition) is 2. The van der Waals surface area contributed by atoms with Crippen LogP contribution in [0.2, 0.25) is 0 Å². The van der Waals surface area contributed by atoms with Crippen molar-refractivity contribution in [3.63, 3.8) is 0 Å². The van der Waals surface area contributed by atoms with Crippen molar-refractivity contribution in [3.05, 3.63) is 23.3 Å². The van der Waals surface area contributed by atoms with Gasteiger partial charge in [0.2, 0.25) is 0 Å². The van der Waals surface area contributed by atoms with Crippen LogP contribution in [0.1, 0.15) is 11.1 Å². The lowest BCUT2D eigenvalue weighted by Gasteiger charge is -2.15. The van der Waals surface area contributed by atoms with Crippen molar-refractivity contribution < 1.29 is 35.4 Å². The molecule has 8 nitrogen and oxygen atoms in total. The quantitative estimate of drug-likeness (QED) is 0.660. The van der Waals surface area contributed by atoms with E-state index in [2.05, 4.69) is 8.37 Å². The van der Waals surface area contributed by atoms with Gasteiger partial charge in [-0.2, -0.15) is 16.8 Å². The molecule has 1 aromatic rings. The molecule has 114 valence electrons. The minimum absolute atomic E-state index is 0.0703. The molecule has 1 aromatic carbocycles. The number of aliphatic hydroxyl groups is 2. The molecule has 0 aliphatic heterocycles. The van der Waals surface area contributed by atoms with Crippen molar-refractivity contribution in [2.24, 2.45) is 0 Å². The van der Waals surface area contributed by atoms with Crippen LogP contribution in [0.3, 0.4) is 0 Å². The third-order valence-corrected chi connectivity index (χ3v) is 3.11. The molecule has 0 bridgehead atoms. The molecule has 2 N–H and O–H groups in total. The summed E-state index contributed by atoms with van der Waals surface area (Å²) in [5.41, 5.74) is -0.141. The van der Waals surface area contributed by atoms with Crippen molar-refractivity contribution in [1.29, 1.82) is 0 Å². The predicted molar refractivity (Wildman–Crippen MR) is 69.2 cm³/mol. The van der Waals surface area contributed by atoms with Gasteiger partial charge in [0.25, 0.3) is 0 Å². The molecular weight excluding hydrogens is 312 g/mol. The van der Waals surface area contributed by atoms with Crippen LogP contribution in [0.15, 0.2) is 12.1 Å². The molecule has 0 fully saturated rings. The van der Waals surface area contributed by atoms with Crippen molar-refractivity contribution >= 4 is 20.2 Å².